The minimum absolute atomic E-state index is 0.150. The van der Waals surface area contributed by atoms with E-state index in [1.165, 1.54) is 7.11 Å². The number of ether oxygens (including phenoxy) is 2. The number of rotatable bonds is 7. The van der Waals surface area contributed by atoms with Gasteiger partial charge in [0.1, 0.15) is 5.60 Å². The number of nitrogens with zero attached hydrogens (tertiary/aromatic N) is 1. The molecule has 0 bridgehead atoms. The second-order valence-electron chi connectivity index (χ2n) is 7.41. The van der Waals surface area contributed by atoms with E-state index in [1.807, 2.05) is 0 Å². The fourth-order valence-electron chi connectivity index (χ4n) is 2.43. The van der Waals surface area contributed by atoms with Crippen LogP contribution in [0, 0.1) is 0 Å². The number of benzene rings is 1. The monoisotopic (exact) mass is 407 g/mol. The molecule has 1 amide bonds. The zero-order valence-electron chi connectivity index (χ0n) is 16.9. The third-order valence-corrected chi connectivity index (χ3v) is 3.91. The molecule has 2 aromatic rings. The van der Waals surface area contributed by atoms with Crippen molar-refractivity contribution < 1.29 is 28.6 Å². The average molecular weight is 407 g/mol. The summed E-state index contributed by atoms with van der Waals surface area (Å²) >= 11 is 0. The number of aliphatic carboxylic acids is 1. The van der Waals surface area contributed by atoms with E-state index in [-0.39, 0.29) is 17.9 Å². The molecule has 0 aliphatic rings. The van der Waals surface area contributed by atoms with Crippen LogP contribution in [0.5, 0.6) is 0 Å². The van der Waals surface area contributed by atoms with E-state index >= 15 is 0 Å². The molecule has 2 atom stereocenters. The molecule has 0 aliphatic heterocycles. The predicted molar refractivity (Wildman–Crippen MR) is 105 cm³/mol. The maximum Gasteiger partial charge on any atom is 0.407 e. The number of carboxylic acids is 1. The fourth-order valence-corrected chi connectivity index (χ4v) is 2.43. The minimum Gasteiger partial charge on any atom is -0.480 e. The molecule has 0 spiro atoms. The van der Waals surface area contributed by atoms with Gasteiger partial charge >= 0.3 is 17.7 Å². The molecule has 1 aromatic carbocycles. The average Bonchev–Trinajstić information content (AvgIpc) is 2.62. The van der Waals surface area contributed by atoms with Gasteiger partial charge in [0.25, 0.3) is 6.01 Å². The second kappa shape index (κ2) is 8.91. The number of hydrogen-bond donors (Lipinski definition) is 3. The van der Waals surface area contributed by atoms with Crippen LogP contribution in [0.3, 0.4) is 0 Å². The molecule has 0 saturated carbocycles. The molecule has 3 N–H and O–H groups in total. The SMILES string of the molecule is CO[C@H](C)[C@H](Nc1nc2ccc(CNC(=O)OC(C)(C)C)cc2c(=O)o1)C(=O)O. The molecule has 10 heteroatoms. The van der Waals surface area contributed by atoms with Crippen molar-refractivity contribution in [3.8, 4) is 0 Å². The Labute approximate surface area is 167 Å². The maximum absolute atomic E-state index is 12.3. The van der Waals surface area contributed by atoms with Crippen molar-refractivity contribution in [2.24, 2.45) is 0 Å². The fraction of sp³-hybridized carbons (Fsp3) is 0.474. The predicted octanol–water partition coefficient (Wildman–Crippen LogP) is 2.11. The van der Waals surface area contributed by atoms with Gasteiger partial charge in [0.2, 0.25) is 0 Å². The number of alkyl carbamates (subject to hydrolysis) is 1. The second-order valence-corrected chi connectivity index (χ2v) is 7.41. The molecule has 2 rings (SSSR count). The summed E-state index contributed by atoms with van der Waals surface area (Å²) in [6.07, 6.45) is -1.26. The van der Waals surface area contributed by atoms with Crippen molar-refractivity contribution >= 4 is 29.0 Å². The molecule has 29 heavy (non-hydrogen) atoms. The summed E-state index contributed by atoms with van der Waals surface area (Å²) in [5.41, 5.74) is -0.338. The van der Waals surface area contributed by atoms with Crippen molar-refractivity contribution in [1.29, 1.82) is 0 Å². The van der Waals surface area contributed by atoms with Gasteiger partial charge in [-0.3, -0.25) is 0 Å². The van der Waals surface area contributed by atoms with Crippen LogP contribution in [0.4, 0.5) is 10.8 Å². The van der Waals surface area contributed by atoms with Crippen molar-refractivity contribution in [2.75, 3.05) is 12.4 Å². The number of amides is 1. The number of aromatic nitrogens is 1. The number of carbonyl (C=O) groups excluding carboxylic acids is 1. The van der Waals surface area contributed by atoms with E-state index in [0.717, 1.165) is 0 Å². The van der Waals surface area contributed by atoms with Crippen LogP contribution < -0.4 is 16.3 Å². The Bertz CT molecular complexity index is 949. The lowest BCUT2D eigenvalue weighted by atomic mass is 10.1. The summed E-state index contributed by atoms with van der Waals surface area (Å²) in [7, 11) is 1.37. The van der Waals surface area contributed by atoms with Gasteiger partial charge < -0.3 is 29.6 Å². The van der Waals surface area contributed by atoms with Gasteiger partial charge in [-0.25, -0.2) is 14.4 Å². The van der Waals surface area contributed by atoms with Crippen LogP contribution in [0.25, 0.3) is 10.9 Å². The Kier molecular flexibility index (Phi) is 6.80. The number of nitrogens with one attached hydrogen (secondary N) is 2. The lowest BCUT2D eigenvalue weighted by Crippen LogP contribution is -2.40. The van der Waals surface area contributed by atoms with Gasteiger partial charge in [-0.15, -0.1) is 0 Å². The summed E-state index contributed by atoms with van der Waals surface area (Å²) in [5.74, 6) is -1.17. The van der Waals surface area contributed by atoms with Gasteiger partial charge in [0.05, 0.1) is 17.0 Å². The van der Waals surface area contributed by atoms with E-state index in [1.54, 1.807) is 45.9 Å². The third-order valence-electron chi connectivity index (χ3n) is 3.91. The molecular weight excluding hydrogens is 382 g/mol. The summed E-state index contributed by atoms with van der Waals surface area (Å²) in [6.45, 7) is 6.99. The molecule has 0 unspecified atom stereocenters. The van der Waals surface area contributed by atoms with Gasteiger partial charge in [0.15, 0.2) is 6.04 Å². The van der Waals surface area contributed by atoms with Gasteiger partial charge in [-0.1, -0.05) is 6.07 Å². The highest BCUT2D eigenvalue weighted by molar-refractivity contribution is 5.80. The minimum atomic E-state index is -1.17. The molecule has 1 aromatic heterocycles. The van der Waals surface area contributed by atoms with E-state index in [0.29, 0.717) is 11.1 Å². The summed E-state index contributed by atoms with van der Waals surface area (Å²) in [6, 6.07) is 3.44. The number of fused-ring (bicyclic) bond motifs is 1. The van der Waals surface area contributed by atoms with E-state index in [2.05, 4.69) is 15.6 Å². The Hall–Kier alpha value is -3.14. The molecule has 0 saturated heterocycles. The molecule has 0 aliphatic carbocycles. The van der Waals surface area contributed by atoms with Crippen molar-refractivity contribution in [2.45, 2.75) is 52.0 Å². The molecule has 10 nitrogen and oxygen atoms in total. The Morgan fingerprint density at radius 1 is 1.31 bits per heavy atom. The normalized spacial score (nSPS) is 13.6. The highest BCUT2D eigenvalue weighted by Crippen LogP contribution is 2.15. The van der Waals surface area contributed by atoms with Gasteiger partial charge in [0, 0.05) is 13.7 Å². The van der Waals surface area contributed by atoms with Crippen LogP contribution in [-0.2, 0) is 20.8 Å². The number of carboxylic acid groups (broad SMARTS) is 1. The van der Waals surface area contributed by atoms with Crippen LogP contribution in [-0.4, -0.2) is 47.0 Å². The van der Waals surface area contributed by atoms with Crippen LogP contribution in [0.1, 0.15) is 33.3 Å². The zero-order valence-corrected chi connectivity index (χ0v) is 16.9. The van der Waals surface area contributed by atoms with Gasteiger partial charge in [-0.2, -0.15) is 4.98 Å². The first kappa shape index (κ1) is 22.2. The first-order chi connectivity index (χ1) is 13.5. The Morgan fingerprint density at radius 3 is 2.59 bits per heavy atom. The lowest BCUT2D eigenvalue weighted by molar-refractivity contribution is -0.140. The third kappa shape index (κ3) is 6.18. The Morgan fingerprint density at radius 2 is 2.00 bits per heavy atom. The van der Waals surface area contributed by atoms with Gasteiger partial charge in [-0.05, 0) is 45.4 Å². The smallest absolute Gasteiger partial charge is 0.407 e. The highest BCUT2D eigenvalue weighted by atomic mass is 16.6. The topological polar surface area (TPSA) is 140 Å². The Balaban J connectivity index is 2.19. The maximum atomic E-state index is 12.3. The quantitative estimate of drug-likeness (QED) is 0.629. The van der Waals surface area contributed by atoms with Crippen molar-refractivity contribution in [3.05, 3.63) is 34.2 Å². The standard InChI is InChI=1S/C19H25N3O7/c1-10(27-5)14(15(23)24)22-17-21-13-7-6-11(8-12(13)16(25)28-17)9-20-18(26)29-19(2,3)4/h6-8,10,14H,9H2,1-5H3,(H,20,26)(H,21,22)(H,23,24)/t10-,14+/m1/s1. The number of anilines is 1. The lowest BCUT2D eigenvalue weighted by Gasteiger charge is -2.20. The van der Waals surface area contributed by atoms with E-state index in [9.17, 15) is 19.5 Å². The number of hydrogen-bond acceptors (Lipinski definition) is 8. The number of carbonyl (C=O) groups is 2. The molecule has 0 fully saturated rings. The van der Waals surface area contributed by atoms with Crippen molar-refractivity contribution in [3.63, 3.8) is 0 Å². The molecule has 1 heterocycles. The molecule has 158 valence electrons. The van der Waals surface area contributed by atoms with E-state index in [4.69, 9.17) is 13.9 Å². The van der Waals surface area contributed by atoms with Crippen LogP contribution in [0.2, 0.25) is 0 Å². The largest absolute Gasteiger partial charge is 0.480 e. The zero-order chi connectivity index (χ0) is 21.8. The first-order valence-corrected chi connectivity index (χ1v) is 8.93. The molecular formula is C19H25N3O7. The van der Waals surface area contributed by atoms with Crippen LogP contribution in [0.15, 0.2) is 27.4 Å². The summed E-state index contributed by atoms with van der Waals surface area (Å²) < 4.78 is 15.3. The first-order valence-electron chi connectivity index (χ1n) is 8.93. The van der Waals surface area contributed by atoms with E-state index < -0.39 is 35.4 Å². The summed E-state index contributed by atoms with van der Waals surface area (Å²) in [5, 5.41) is 14.7. The van der Waals surface area contributed by atoms with Crippen LogP contribution >= 0.6 is 0 Å². The number of methoxy groups -OCH3 is 1. The van der Waals surface area contributed by atoms with Crippen molar-refractivity contribution in [1.82, 2.24) is 10.3 Å². The highest BCUT2D eigenvalue weighted by Gasteiger charge is 2.26. The summed E-state index contributed by atoms with van der Waals surface area (Å²) in [4.78, 5) is 39.6. The molecule has 0 radical (unpaired) electrons.